The van der Waals surface area contributed by atoms with Gasteiger partial charge in [-0.3, -0.25) is 4.79 Å². The fraction of sp³-hybridized carbons (Fsp3) is 0.385. The fourth-order valence-electron chi connectivity index (χ4n) is 1.48. The van der Waals surface area contributed by atoms with Crippen LogP contribution >= 0.6 is 15.9 Å². The molecule has 1 amide bonds. The fourth-order valence-corrected chi connectivity index (χ4v) is 2.08. The van der Waals surface area contributed by atoms with Crippen LogP contribution in [0.4, 0.5) is 0 Å². The normalized spacial score (nSPS) is 9.70. The lowest BCUT2D eigenvalue weighted by atomic mass is 10.2. The molecule has 0 aliphatic heterocycles. The standard InChI is InChI=1S/C13H16BrN3O3/c1-19-11-6-9(7-16)5-10(14)13(11)20-8-12(18)17-4-2-3-15/h5-6H,2,4,7-8,16H2,1H3,(H,17,18). The number of ether oxygens (including phenoxy) is 2. The van der Waals surface area contributed by atoms with E-state index in [9.17, 15) is 4.79 Å². The van der Waals surface area contributed by atoms with Gasteiger partial charge in [-0.15, -0.1) is 0 Å². The Morgan fingerprint density at radius 1 is 1.55 bits per heavy atom. The van der Waals surface area contributed by atoms with Gasteiger partial charge < -0.3 is 20.5 Å². The number of carbonyl (C=O) groups excluding carboxylic acids is 1. The molecule has 20 heavy (non-hydrogen) atoms. The molecule has 0 aliphatic carbocycles. The van der Waals surface area contributed by atoms with Crippen LogP contribution in [0.15, 0.2) is 16.6 Å². The third-order valence-corrected chi connectivity index (χ3v) is 3.02. The molecular weight excluding hydrogens is 326 g/mol. The van der Waals surface area contributed by atoms with Crippen LogP contribution in [0.2, 0.25) is 0 Å². The third-order valence-electron chi connectivity index (χ3n) is 2.43. The molecule has 1 aromatic carbocycles. The van der Waals surface area contributed by atoms with Crippen LogP contribution in [-0.2, 0) is 11.3 Å². The van der Waals surface area contributed by atoms with E-state index in [2.05, 4.69) is 21.2 Å². The largest absolute Gasteiger partial charge is 0.493 e. The van der Waals surface area contributed by atoms with E-state index in [-0.39, 0.29) is 18.9 Å². The summed E-state index contributed by atoms with van der Waals surface area (Å²) in [6.45, 7) is 0.537. The van der Waals surface area contributed by atoms with Crippen LogP contribution < -0.4 is 20.5 Å². The van der Waals surface area contributed by atoms with Crippen molar-refractivity contribution < 1.29 is 14.3 Å². The average molecular weight is 342 g/mol. The first-order valence-corrected chi connectivity index (χ1v) is 6.74. The second kappa shape index (κ2) is 8.40. The average Bonchev–Trinajstić information content (AvgIpc) is 2.45. The zero-order valence-electron chi connectivity index (χ0n) is 11.1. The van der Waals surface area contributed by atoms with Crippen molar-refractivity contribution >= 4 is 21.8 Å². The molecule has 6 nitrogen and oxygen atoms in total. The van der Waals surface area contributed by atoms with Crippen molar-refractivity contribution in [2.45, 2.75) is 13.0 Å². The van der Waals surface area contributed by atoms with Crippen molar-refractivity contribution in [3.05, 3.63) is 22.2 Å². The van der Waals surface area contributed by atoms with E-state index in [0.29, 0.717) is 29.1 Å². The number of nitrogens with two attached hydrogens (primary N) is 1. The summed E-state index contributed by atoms with van der Waals surface area (Å²) in [5.41, 5.74) is 6.46. The number of methoxy groups -OCH3 is 1. The lowest BCUT2D eigenvalue weighted by Gasteiger charge is -2.13. The zero-order valence-corrected chi connectivity index (χ0v) is 12.7. The number of rotatable bonds is 7. The number of nitrogens with one attached hydrogen (secondary N) is 1. The van der Waals surface area contributed by atoms with Crippen LogP contribution in [0.5, 0.6) is 11.5 Å². The molecule has 1 aromatic rings. The van der Waals surface area contributed by atoms with Crippen molar-refractivity contribution in [1.29, 1.82) is 5.26 Å². The van der Waals surface area contributed by atoms with E-state index in [1.807, 2.05) is 12.1 Å². The van der Waals surface area contributed by atoms with E-state index in [0.717, 1.165) is 5.56 Å². The molecule has 0 spiro atoms. The molecule has 0 radical (unpaired) electrons. The van der Waals surface area contributed by atoms with Crippen LogP contribution in [0.1, 0.15) is 12.0 Å². The van der Waals surface area contributed by atoms with Crippen LogP contribution in [-0.4, -0.2) is 26.2 Å². The van der Waals surface area contributed by atoms with Gasteiger partial charge in [0.15, 0.2) is 18.1 Å². The summed E-state index contributed by atoms with van der Waals surface area (Å²) in [6.07, 6.45) is 0.268. The van der Waals surface area contributed by atoms with Crippen molar-refractivity contribution in [3.63, 3.8) is 0 Å². The molecule has 0 aliphatic rings. The molecule has 0 aromatic heterocycles. The van der Waals surface area contributed by atoms with Gasteiger partial charge in [0.05, 0.1) is 24.1 Å². The maximum Gasteiger partial charge on any atom is 0.257 e. The van der Waals surface area contributed by atoms with Gasteiger partial charge in [0.2, 0.25) is 0 Å². The molecule has 1 rings (SSSR count). The van der Waals surface area contributed by atoms with Gasteiger partial charge in [0.25, 0.3) is 5.91 Å². The summed E-state index contributed by atoms with van der Waals surface area (Å²) < 4.78 is 11.3. The Morgan fingerprint density at radius 3 is 2.90 bits per heavy atom. The van der Waals surface area contributed by atoms with Gasteiger partial charge in [-0.05, 0) is 33.6 Å². The number of amides is 1. The van der Waals surface area contributed by atoms with E-state index in [1.54, 1.807) is 6.07 Å². The maximum absolute atomic E-state index is 11.5. The molecule has 0 heterocycles. The smallest absolute Gasteiger partial charge is 0.257 e. The van der Waals surface area contributed by atoms with Crippen LogP contribution in [0.3, 0.4) is 0 Å². The van der Waals surface area contributed by atoms with E-state index in [4.69, 9.17) is 20.5 Å². The molecule has 0 saturated heterocycles. The Balaban J connectivity index is 2.68. The Morgan fingerprint density at radius 2 is 2.30 bits per heavy atom. The van der Waals surface area contributed by atoms with Gasteiger partial charge >= 0.3 is 0 Å². The second-order valence-corrected chi connectivity index (χ2v) is 4.71. The number of nitriles is 1. The summed E-state index contributed by atoms with van der Waals surface area (Å²) in [5, 5.41) is 10.9. The zero-order chi connectivity index (χ0) is 15.0. The number of carbonyl (C=O) groups is 1. The highest BCUT2D eigenvalue weighted by atomic mass is 79.9. The van der Waals surface area contributed by atoms with Gasteiger partial charge in [0.1, 0.15) is 0 Å². The summed E-state index contributed by atoms with van der Waals surface area (Å²) in [5.74, 6) is 0.655. The second-order valence-electron chi connectivity index (χ2n) is 3.86. The lowest BCUT2D eigenvalue weighted by molar-refractivity contribution is -0.123. The van der Waals surface area contributed by atoms with Crippen LogP contribution in [0, 0.1) is 11.3 Å². The minimum absolute atomic E-state index is 0.150. The molecule has 7 heteroatoms. The summed E-state index contributed by atoms with van der Waals surface area (Å²) in [7, 11) is 1.52. The minimum atomic E-state index is -0.294. The predicted molar refractivity (Wildman–Crippen MR) is 77.3 cm³/mol. The van der Waals surface area contributed by atoms with Gasteiger partial charge in [0, 0.05) is 13.1 Å². The SMILES string of the molecule is COc1cc(CN)cc(Br)c1OCC(=O)NCCC#N. The predicted octanol–water partition coefficient (Wildman–Crippen LogP) is 1.33. The highest BCUT2D eigenvalue weighted by Gasteiger charge is 2.13. The quantitative estimate of drug-likeness (QED) is 0.729. The van der Waals surface area contributed by atoms with Crippen molar-refractivity contribution in [1.82, 2.24) is 5.32 Å². The molecule has 3 N–H and O–H groups in total. The highest BCUT2D eigenvalue weighted by Crippen LogP contribution is 2.36. The number of nitrogens with zero attached hydrogens (tertiary/aromatic N) is 1. The molecule has 108 valence electrons. The molecule has 0 saturated carbocycles. The Kier molecular flexibility index (Phi) is 6.84. The van der Waals surface area contributed by atoms with E-state index in [1.165, 1.54) is 7.11 Å². The molecule has 0 bridgehead atoms. The van der Waals surface area contributed by atoms with E-state index < -0.39 is 0 Å². The van der Waals surface area contributed by atoms with Crippen molar-refractivity contribution in [3.8, 4) is 17.6 Å². The van der Waals surface area contributed by atoms with Gasteiger partial charge in [-0.25, -0.2) is 0 Å². The third kappa shape index (κ3) is 4.72. The van der Waals surface area contributed by atoms with E-state index >= 15 is 0 Å². The summed E-state index contributed by atoms with van der Waals surface area (Å²) >= 11 is 3.36. The molecule has 0 atom stereocenters. The highest BCUT2D eigenvalue weighted by molar-refractivity contribution is 9.10. The van der Waals surface area contributed by atoms with Crippen LogP contribution in [0.25, 0.3) is 0 Å². The number of hydrogen-bond donors (Lipinski definition) is 2. The summed E-state index contributed by atoms with van der Waals surface area (Å²) in [6, 6.07) is 5.51. The number of benzene rings is 1. The number of halogens is 1. The monoisotopic (exact) mass is 341 g/mol. The Hall–Kier alpha value is -1.78. The molecule has 0 fully saturated rings. The number of hydrogen-bond acceptors (Lipinski definition) is 5. The van der Waals surface area contributed by atoms with Crippen molar-refractivity contribution in [2.24, 2.45) is 5.73 Å². The van der Waals surface area contributed by atoms with Gasteiger partial charge in [-0.2, -0.15) is 5.26 Å². The summed E-state index contributed by atoms with van der Waals surface area (Å²) in [4.78, 5) is 11.5. The maximum atomic E-state index is 11.5. The molecule has 0 unspecified atom stereocenters. The first-order chi connectivity index (χ1) is 9.62. The van der Waals surface area contributed by atoms with Crippen molar-refractivity contribution in [2.75, 3.05) is 20.3 Å². The Bertz CT molecular complexity index is 514. The first-order valence-electron chi connectivity index (χ1n) is 5.95. The van der Waals surface area contributed by atoms with Gasteiger partial charge in [-0.1, -0.05) is 0 Å². The molecular formula is C13H16BrN3O3. The first kappa shape index (κ1) is 16.3. The minimum Gasteiger partial charge on any atom is -0.493 e. The topological polar surface area (TPSA) is 97.4 Å². The lowest BCUT2D eigenvalue weighted by Crippen LogP contribution is -2.29. The Labute approximate surface area is 126 Å².